The number of nitrogens with zero attached hydrogens (tertiary/aromatic N) is 2. The van der Waals surface area contributed by atoms with Crippen molar-refractivity contribution in [3.63, 3.8) is 0 Å². The normalized spacial score (nSPS) is 19.1. The predicted molar refractivity (Wildman–Crippen MR) is 80.9 cm³/mol. The molecule has 20 heavy (non-hydrogen) atoms. The molecule has 2 aromatic heterocycles. The number of rotatable bonds is 5. The first-order chi connectivity index (χ1) is 9.92. The van der Waals surface area contributed by atoms with E-state index in [1.807, 2.05) is 12.1 Å². The van der Waals surface area contributed by atoms with Crippen LogP contribution in [0.15, 0.2) is 29.9 Å². The van der Waals surface area contributed by atoms with Gasteiger partial charge in [-0.05, 0) is 25.0 Å². The summed E-state index contributed by atoms with van der Waals surface area (Å²) in [5, 5.41) is 6.77. The average molecular weight is 289 g/mol. The van der Waals surface area contributed by atoms with E-state index in [1.54, 1.807) is 23.7 Å². The van der Waals surface area contributed by atoms with E-state index in [2.05, 4.69) is 20.7 Å². The lowest BCUT2D eigenvalue weighted by Gasteiger charge is -2.22. The maximum absolute atomic E-state index is 5.46. The van der Waals surface area contributed by atoms with E-state index >= 15 is 0 Å². The molecule has 1 N–H and O–H groups in total. The Balaban J connectivity index is 1.50. The molecule has 3 heterocycles. The molecule has 0 bridgehead atoms. The molecule has 3 rings (SSSR count). The highest BCUT2D eigenvalue weighted by molar-refractivity contribution is 7.13. The number of pyridine rings is 1. The second kappa shape index (κ2) is 6.92. The summed E-state index contributed by atoms with van der Waals surface area (Å²) < 4.78 is 5.46. The van der Waals surface area contributed by atoms with Crippen molar-refractivity contribution in [3.8, 4) is 10.6 Å². The standard InChI is InChI=1S/C15H19N3OS/c1-2-13(10-19-9-1)17-8-5-14-11-20-15(18-14)12-3-6-16-7-4-12/h3-4,6-7,11,13,17H,1-2,5,8-10H2. The second-order valence-corrected chi connectivity index (χ2v) is 5.86. The zero-order valence-electron chi connectivity index (χ0n) is 11.4. The van der Waals surface area contributed by atoms with Gasteiger partial charge in [-0.15, -0.1) is 11.3 Å². The first kappa shape index (κ1) is 13.7. The molecule has 1 atom stereocenters. The fourth-order valence-electron chi connectivity index (χ4n) is 2.35. The van der Waals surface area contributed by atoms with E-state index < -0.39 is 0 Å². The van der Waals surface area contributed by atoms with Crippen LogP contribution in [0.1, 0.15) is 18.5 Å². The van der Waals surface area contributed by atoms with Gasteiger partial charge < -0.3 is 10.1 Å². The van der Waals surface area contributed by atoms with Gasteiger partial charge in [0.2, 0.25) is 0 Å². The third kappa shape index (κ3) is 3.62. The number of hydrogen-bond acceptors (Lipinski definition) is 5. The molecular weight excluding hydrogens is 270 g/mol. The van der Waals surface area contributed by atoms with Crippen molar-refractivity contribution < 1.29 is 4.74 Å². The van der Waals surface area contributed by atoms with Gasteiger partial charge in [-0.2, -0.15) is 0 Å². The molecule has 1 unspecified atom stereocenters. The molecule has 0 aliphatic carbocycles. The van der Waals surface area contributed by atoms with Crippen molar-refractivity contribution in [2.45, 2.75) is 25.3 Å². The molecule has 1 fully saturated rings. The monoisotopic (exact) mass is 289 g/mol. The maximum atomic E-state index is 5.46. The summed E-state index contributed by atoms with van der Waals surface area (Å²) in [7, 11) is 0. The zero-order valence-corrected chi connectivity index (χ0v) is 12.2. The Kier molecular flexibility index (Phi) is 4.73. The summed E-state index contributed by atoms with van der Waals surface area (Å²) in [5.74, 6) is 0. The summed E-state index contributed by atoms with van der Waals surface area (Å²) in [6, 6.07) is 4.52. The minimum atomic E-state index is 0.516. The first-order valence-corrected chi connectivity index (χ1v) is 7.96. The summed E-state index contributed by atoms with van der Waals surface area (Å²) in [4.78, 5) is 8.72. The Bertz CT molecular complexity index is 523. The number of ether oxygens (including phenoxy) is 1. The quantitative estimate of drug-likeness (QED) is 0.919. The fourth-order valence-corrected chi connectivity index (χ4v) is 3.22. The third-order valence-electron chi connectivity index (χ3n) is 3.45. The molecule has 5 heteroatoms. The molecule has 4 nitrogen and oxygen atoms in total. The summed E-state index contributed by atoms with van der Waals surface area (Å²) >= 11 is 1.70. The number of nitrogens with one attached hydrogen (secondary N) is 1. The van der Waals surface area contributed by atoms with E-state index in [0.717, 1.165) is 42.4 Å². The highest BCUT2D eigenvalue weighted by atomic mass is 32.1. The van der Waals surface area contributed by atoms with Crippen molar-refractivity contribution in [1.29, 1.82) is 0 Å². The number of thiazole rings is 1. The van der Waals surface area contributed by atoms with Crippen LogP contribution >= 0.6 is 11.3 Å². The molecule has 1 aliphatic heterocycles. The molecule has 0 amide bonds. The zero-order chi connectivity index (χ0) is 13.6. The Hall–Kier alpha value is -1.30. The van der Waals surface area contributed by atoms with Crippen molar-refractivity contribution in [3.05, 3.63) is 35.6 Å². The molecule has 2 aromatic rings. The number of hydrogen-bond donors (Lipinski definition) is 1. The largest absolute Gasteiger partial charge is 0.380 e. The van der Waals surface area contributed by atoms with Crippen LogP contribution in [0.3, 0.4) is 0 Å². The van der Waals surface area contributed by atoms with Crippen LogP contribution in [-0.4, -0.2) is 35.8 Å². The molecule has 1 aliphatic rings. The van der Waals surface area contributed by atoms with Gasteiger partial charge in [-0.25, -0.2) is 4.98 Å². The summed E-state index contributed by atoms with van der Waals surface area (Å²) in [6.45, 7) is 2.73. The highest BCUT2D eigenvalue weighted by Crippen LogP contribution is 2.22. The van der Waals surface area contributed by atoms with E-state index in [-0.39, 0.29) is 0 Å². The molecule has 0 radical (unpaired) electrons. The van der Waals surface area contributed by atoms with Crippen molar-refractivity contribution in [1.82, 2.24) is 15.3 Å². The maximum Gasteiger partial charge on any atom is 0.123 e. The Labute approximate surface area is 123 Å². The first-order valence-electron chi connectivity index (χ1n) is 7.08. The van der Waals surface area contributed by atoms with Gasteiger partial charge >= 0.3 is 0 Å². The van der Waals surface area contributed by atoms with E-state index in [9.17, 15) is 0 Å². The SMILES string of the molecule is c1cc(-c2nc(CCNC3CCCOC3)cs2)ccn1. The van der Waals surface area contributed by atoms with Gasteiger partial charge in [0.15, 0.2) is 0 Å². The van der Waals surface area contributed by atoms with Crippen LogP contribution in [0, 0.1) is 0 Å². The molecule has 106 valence electrons. The Morgan fingerprint density at radius 3 is 3.05 bits per heavy atom. The fraction of sp³-hybridized carbons (Fsp3) is 0.467. The second-order valence-electron chi connectivity index (χ2n) is 5.00. The lowest BCUT2D eigenvalue weighted by Crippen LogP contribution is -2.37. The van der Waals surface area contributed by atoms with Crippen molar-refractivity contribution in [2.75, 3.05) is 19.8 Å². The summed E-state index contributed by atoms with van der Waals surface area (Å²) in [6.07, 6.45) is 6.97. The third-order valence-corrected chi connectivity index (χ3v) is 4.39. The van der Waals surface area contributed by atoms with Gasteiger partial charge in [-0.3, -0.25) is 4.98 Å². The van der Waals surface area contributed by atoms with Gasteiger partial charge in [0.1, 0.15) is 5.01 Å². The van der Waals surface area contributed by atoms with Gasteiger partial charge in [-0.1, -0.05) is 0 Å². The molecule has 1 saturated heterocycles. The minimum Gasteiger partial charge on any atom is -0.380 e. The molecule has 0 spiro atoms. The molecular formula is C15H19N3OS. The van der Waals surface area contributed by atoms with Crippen LogP contribution in [0.5, 0.6) is 0 Å². The van der Waals surface area contributed by atoms with Gasteiger partial charge in [0.05, 0.1) is 12.3 Å². The van der Waals surface area contributed by atoms with E-state index in [1.165, 1.54) is 12.8 Å². The Morgan fingerprint density at radius 2 is 2.25 bits per heavy atom. The molecule has 0 saturated carbocycles. The van der Waals surface area contributed by atoms with Crippen LogP contribution in [0.4, 0.5) is 0 Å². The van der Waals surface area contributed by atoms with Crippen LogP contribution in [0.25, 0.3) is 10.6 Å². The molecule has 0 aromatic carbocycles. The van der Waals surface area contributed by atoms with Crippen LogP contribution in [0.2, 0.25) is 0 Å². The average Bonchev–Trinajstić information content (AvgIpc) is 2.98. The van der Waals surface area contributed by atoms with Gasteiger partial charge in [0, 0.05) is 49.0 Å². The van der Waals surface area contributed by atoms with Crippen molar-refractivity contribution >= 4 is 11.3 Å². The van der Waals surface area contributed by atoms with Crippen LogP contribution < -0.4 is 5.32 Å². The smallest absolute Gasteiger partial charge is 0.123 e. The lowest BCUT2D eigenvalue weighted by molar-refractivity contribution is 0.0707. The van der Waals surface area contributed by atoms with Crippen LogP contribution in [-0.2, 0) is 11.2 Å². The Morgan fingerprint density at radius 1 is 1.35 bits per heavy atom. The number of aromatic nitrogens is 2. The van der Waals surface area contributed by atoms with E-state index in [0.29, 0.717) is 6.04 Å². The minimum absolute atomic E-state index is 0.516. The van der Waals surface area contributed by atoms with E-state index in [4.69, 9.17) is 4.74 Å². The predicted octanol–water partition coefficient (Wildman–Crippen LogP) is 2.52. The topological polar surface area (TPSA) is 47.0 Å². The summed E-state index contributed by atoms with van der Waals surface area (Å²) in [5.41, 5.74) is 2.30. The highest BCUT2D eigenvalue weighted by Gasteiger charge is 2.12. The van der Waals surface area contributed by atoms with Crippen molar-refractivity contribution in [2.24, 2.45) is 0 Å². The lowest BCUT2D eigenvalue weighted by atomic mass is 10.1. The van der Waals surface area contributed by atoms with Gasteiger partial charge in [0.25, 0.3) is 0 Å².